The Hall–Kier alpha value is -3.12. The van der Waals surface area contributed by atoms with Gasteiger partial charge in [-0.2, -0.15) is 0 Å². The van der Waals surface area contributed by atoms with E-state index in [-0.39, 0.29) is 17.9 Å². The van der Waals surface area contributed by atoms with Gasteiger partial charge in [-0.05, 0) is 17.7 Å². The zero-order chi connectivity index (χ0) is 19.6. The number of carboxylic acids is 1. The molecule has 0 unspecified atom stereocenters. The zero-order valence-electron chi connectivity index (χ0n) is 14.1. The number of aliphatic carboxylic acids is 1. The predicted octanol–water partition coefficient (Wildman–Crippen LogP) is 1.90. The Morgan fingerprint density at radius 3 is 2.30 bits per heavy atom. The summed E-state index contributed by atoms with van der Waals surface area (Å²) in [7, 11) is 0. The van der Waals surface area contributed by atoms with Gasteiger partial charge < -0.3 is 19.9 Å². The Bertz CT molecular complexity index is 921. The van der Waals surface area contributed by atoms with Crippen molar-refractivity contribution in [2.45, 2.75) is 12.5 Å². The van der Waals surface area contributed by atoms with Crippen molar-refractivity contribution in [3.05, 3.63) is 76.3 Å². The average Bonchev–Trinajstić information content (AvgIpc) is 2.91. The number of carbonyl (C=O) groups excluding carboxylic acids is 3. The van der Waals surface area contributed by atoms with Gasteiger partial charge in [0.2, 0.25) is 0 Å². The molecule has 0 saturated carbocycles. The number of rotatable bonds is 5. The molecule has 1 N–H and O–H groups in total. The molecular weight excluding hydrogens is 370 g/mol. The second-order valence-electron chi connectivity index (χ2n) is 6.03. The van der Waals surface area contributed by atoms with E-state index in [1.165, 1.54) is 0 Å². The normalized spacial score (nSPS) is 18.7. The summed E-state index contributed by atoms with van der Waals surface area (Å²) in [4.78, 5) is 37.1. The minimum Gasteiger partial charge on any atom is -0.550 e. The molecule has 3 rings (SSSR count). The second kappa shape index (κ2) is 7.63. The molecule has 1 atom stereocenters. The molecule has 0 spiro atoms. The smallest absolute Gasteiger partial charge is 0.295 e. The molecule has 0 aliphatic carbocycles. The van der Waals surface area contributed by atoms with E-state index in [1.807, 2.05) is 0 Å². The molecule has 0 aromatic heterocycles. The van der Waals surface area contributed by atoms with Gasteiger partial charge in [0.1, 0.15) is 5.76 Å². The van der Waals surface area contributed by atoms with E-state index in [2.05, 4.69) is 0 Å². The van der Waals surface area contributed by atoms with Gasteiger partial charge in [0.05, 0.1) is 11.6 Å². The number of Topliss-reactive ketones (excluding diaryl/α,β-unsaturated/α-hetero) is 1. The lowest BCUT2D eigenvalue weighted by molar-refractivity contribution is -0.305. The number of nitrogens with zero attached hydrogens (tertiary/aromatic N) is 1. The standard InChI is InChI=1S/C20H16ClNO5/c21-14-8-6-12(7-9-14)17-16(18(25)13-4-2-1-3-5-13)19(26)20(27)22(17)11-10-15(23)24/h1-9,17,25H,10-11H2,(H,23,24)/p-1/b18-16+/t17-/m1/s1. The SMILES string of the molecule is O=C([O-])CCN1C(=O)C(=O)/C(=C(/O)c2ccccc2)[C@H]1c1ccc(Cl)cc1. The summed E-state index contributed by atoms with van der Waals surface area (Å²) in [5, 5.41) is 22.0. The van der Waals surface area contributed by atoms with Crippen molar-refractivity contribution in [3.8, 4) is 0 Å². The minimum atomic E-state index is -1.34. The van der Waals surface area contributed by atoms with Crippen LogP contribution in [0.15, 0.2) is 60.2 Å². The Morgan fingerprint density at radius 1 is 1.07 bits per heavy atom. The molecule has 0 bridgehead atoms. The highest BCUT2D eigenvalue weighted by Crippen LogP contribution is 2.39. The summed E-state index contributed by atoms with van der Waals surface area (Å²) in [5.74, 6) is -3.39. The summed E-state index contributed by atoms with van der Waals surface area (Å²) >= 11 is 5.91. The summed E-state index contributed by atoms with van der Waals surface area (Å²) in [6.45, 7) is -0.216. The first-order valence-electron chi connectivity index (χ1n) is 8.19. The predicted molar refractivity (Wildman–Crippen MR) is 96.5 cm³/mol. The van der Waals surface area contributed by atoms with E-state index in [9.17, 15) is 24.6 Å². The van der Waals surface area contributed by atoms with Gasteiger partial charge in [0.25, 0.3) is 11.7 Å². The molecule has 1 aliphatic rings. The number of benzene rings is 2. The third kappa shape index (κ3) is 3.71. The minimum absolute atomic E-state index is 0.0909. The van der Waals surface area contributed by atoms with Crippen LogP contribution in [0.2, 0.25) is 5.02 Å². The van der Waals surface area contributed by atoms with Crippen molar-refractivity contribution in [2.75, 3.05) is 6.54 Å². The van der Waals surface area contributed by atoms with E-state index < -0.39 is 30.1 Å². The molecule has 1 saturated heterocycles. The fraction of sp³-hybridized carbons (Fsp3) is 0.150. The van der Waals surface area contributed by atoms with Crippen molar-refractivity contribution < 1.29 is 24.6 Å². The first-order chi connectivity index (χ1) is 12.9. The van der Waals surface area contributed by atoms with Crippen LogP contribution in [0.25, 0.3) is 5.76 Å². The molecule has 1 heterocycles. The van der Waals surface area contributed by atoms with Crippen molar-refractivity contribution in [2.24, 2.45) is 0 Å². The van der Waals surface area contributed by atoms with Crippen LogP contribution in [-0.2, 0) is 14.4 Å². The van der Waals surface area contributed by atoms with Crippen LogP contribution >= 0.6 is 11.6 Å². The number of carboxylic acid groups (broad SMARTS) is 1. The largest absolute Gasteiger partial charge is 0.550 e. The van der Waals surface area contributed by atoms with Crippen LogP contribution in [0.4, 0.5) is 0 Å². The molecule has 2 aromatic carbocycles. The molecule has 27 heavy (non-hydrogen) atoms. The maximum Gasteiger partial charge on any atom is 0.295 e. The van der Waals surface area contributed by atoms with Crippen LogP contribution in [0, 0.1) is 0 Å². The lowest BCUT2D eigenvalue weighted by atomic mass is 9.95. The van der Waals surface area contributed by atoms with Gasteiger partial charge >= 0.3 is 0 Å². The summed E-state index contributed by atoms with van der Waals surface area (Å²) < 4.78 is 0. The van der Waals surface area contributed by atoms with E-state index >= 15 is 0 Å². The molecule has 2 aromatic rings. The summed E-state index contributed by atoms with van der Waals surface area (Å²) in [5.41, 5.74) is 0.829. The Morgan fingerprint density at radius 2 is 1.70 bits per heavy atom. The number of aliphatic hydroxyl groups excluding tert-OH is 1. The van der Waals surface area contributed by atoms with Crippen LogP contribution in [0.5, 0.6) is 0 Å². The Labute approximate surface area is 160 Å². The first kappa shape index (κ1) is 18.7. The second-order valence-corrected chi connectivity index (χ2v) is 6.47. The third-order valence-electron chi connectivity index (χ3n) is 4.33. The highest BCUT2D eigenvalue weighted by Gasteiger charge is 2.45. The van der Waals surface area contributed by atoms with Gasteiger partial charge in [-0.1, -0.05) is 54.1 Å². The highest BCUT2D eigenvalue weighted by molar-refractivity contribution is 6.46. The molecule has 1 amide bonds. The number of hydrogen-bond acceptors (Lipinski definition) is 5. The number of ketones is 1. The third-order valence-corrected chi connectivity index (χ3v) is 4.58. The van der Waals surface area contributed by atoms with Crippen molar-refractivity contribution in [1.29, 1.82) is 0 Å². The average molecular weight is 385 g/mol. The summed E-state index contributed by atoms with van der Waals surface area (Å²) in [6.07, 6.45) is -0.428. The molecule has 7 heteroatoms. The molecule has 1 fully saturated rings. The number of amides is 1. The van der Waals surface area contributed by atoms with Crippen LogP contribution in [0.1, 0.15) is 23.6 Å². The van der Waals surface area contributed by atoms with Gasteiger partial charge in [-0.3, -0.25) is 9.59 Å². The van der Waals surface area contributed by atoms with Gasteiger partial charge in [-0.25, -0.2) is 0 Å². The number of aliphatic hydroxyl groups is 1. The van der Waals surface area contributed by atoms with Gasteiger partial charge in [-0.15, -0.1) is 0 Å². The van der Waals surface area contributed by atoms with E-state index in [4.69, 9.17) is 11.6 Å². The van der Waals surface area contributed by atoms with E-state index in [0.29, 0.717) is 16.1 Å². The van der Waals surface area contributed by atoms with Crippen LogP contribution < -0.4 is 5.11 Å². The number of carbonyl (C=O) groups is 3. The zero-order valence-corrected chi connectivity index (χ0v) is 14.8. The first-order valence-corrected chi connectivity index (χ1v) is 8.57. The van der Waals surface area contributed by atoms with Crippen molar-refractivity contribution in [3.63, 3.8) is 0 Å². The fourth-order valence-corrected chi connectivity index (χ4v) is 3.19. The molecule has 6 nitrogen and oxygen atoms in total. The molecule has 1 aliphatic heterocycles. The van der Waals surface area contributed by atoms with Crippen molar-refractivity contribution >= 4 is 35.0 Å². The topological polar surface area (TPSA) is 97.7 Å². The Kier molecular flexibility index (Phi) is 5.28. The van der Waals surface area contributed by atoms with Gasteiger partial charge in [0.15, 0.2) is 0 Å². The van der Waals surface area contributed by atoms with Gasteiger partial charge in [0, 0.05) is 29.5 Å². The number of halogens is 1. The van der Waals surface area contributed by atoms with E-state index in [1.54, 1.807) is 54.6 Å². The molecular formula is C20H15ClNO5-. The highest BCUT2D eigenvalue weighted by atomic mass is 35.5. The molecule has 138 valence electrons. The molecule has 0 radical (unpaired) electrons. The monoisotopic (exact) mass is 384 g/mol. The quantitative estimate of drug-likeness (QED) is 0.482. The number of likely N-dealkylation sites (tertiary alicyclic amines) is 1. The maximum absolute atomic E-state index is 12.6. The summed E-state index contributed by atoms with van der Waals surface area (Å²) in [6, 6.07) is 13.9. The maximum atomic E-state index is 12.6. The van der Waals surface area contributed by atoms with Crippen LogP contribution in [0.3, 0.4) is 0 Å². The van der Waals surface area contributed by atoms with Crippen molar-refractivity contribution in [1.82, 2.24) is 4.90 Å². The lowest BCUT2D eigenvalue weighted by Crippen LogP contribution is -2.34. The van der Waals surface area contributed by atoms with Crippen LogP contribution in [-0.4, -0.2) is 34.2 Å². The fourth-order valence-electron chi connectivity index (χ4n) is 3.07. The number of hydrogen-bond donors (Lipinski definition) is 1. The van der Waals surface area contributed by atoms with E-state index in [0.717, 1.165) is 4.90 Å². The lowest BCUT2D eigenvalue weighted by Gasteiger charge is -2.25. The Balaban J connectivity index is 2.14.